The predicted molar refractivity (Wildman–Crippen MR) is 101 cm³/mol. The third-order valence-electron chi connectivity index (χ3n) is 4.03. The highest BCUT2D eigenvalue weighted by molar-refractivity contribution is 9.10. The van der Waals surface area contributed by atoms with Crippen molar-refractivity contribution in [3.63, 3.8) is 0 Å². The van der Waals surface area contributed by atoms with Gasteiger partial charge in [-0.3, -0.25) is 0 Å². The SMILES string of the molecule is CC(C)(C)OC(=O)N1CCCCC(OCC(=O)O)(c2nc(Br)cs2)CC1. The Morgan fingerprint density at radius 2 is 2.08 bits per heavy atom. The van der Waals surface area contributed by atoms with E-state index in [1.807, 2.05) is 26.2 Å². The van der Waals surface area contributed by atoms with E-state index in [-0.39, 0.29) is 6.09 Å². The van der Waals surface area contributed by atoms with Gasteiger partial charge in [0.05, 0.1) is 0 Å². The van der Waals surface area contributed by atoms with Crippen molar-refractivity contribution in [3.05, 3.63) is 15.0 Å². The number of rotatable bonds is 4. The number of nitrogens with zero attached hydrogens (tertiary/aromatic N) is 2. The molecule has 1 aromatic heterocycles. The molecule has 1 aromatic rings. The van der Waals surface area contributed by atoms with Crippen LogP contribution in [0.4, 0.5) is 4.79 Å². The van der Waals surface area contributed by atoms with Gasteiger partial charge in [-0.15, -0.1) is 11.3 Å². The molecule has 0 aromatic carbocycles. The molecular weight excluding hydrogens is 424 g/mol. The smallest absolute Gasteiger partial charge is 0.410 e. The lowest BCUT2D eigenvalue weighted by atomic mass is 9.91. The van der Waals surface area contributed by atoms with Crippen LogP contribution in [0.3, 0.4) is 0 Å². The van der Waals surface area contributed by atoms with Crippen LogP contribution in [0.1, 0.15) is 51.5 Å². The van der Waals surface area contributed by atoms with Crippen LogP contribution in [0.5, 0.6) is 0 Å². The van der Waals surface area contributed by atoms with Gasteiger partial charge in [-0.25, -0.2) is 14.6 Å². The van der Waals surface area contributed by atoms with Gasteiger partial charge >= 0.3 is 12.1 Å². The molecule has 1 amide bonds. The molecule has 2 heterocycles. The molecule has 0 bridgehead atoms. The van der Waals surface area contributed by atoms with E-state index in [4.69, 9.17) is 14.6 Å². The number of carbonyl (C=O) groups is 2. The molecule has 1 saturated heterocycles. The first-order valence-corrected chi connectivity index (χ1v) is 10.2. The second-order valence-electron chi connectivity index (χ2n) is 7.33. The number of halogens is 1. The fourth-order valence-electron chi connectivity index (χ4n) is 2.86. The van der Waals surface area contributed by atoms with Gasteiger partial charge in [-0.1, -0.05) is 0 Å². The van der Waals surface area contributed by atoms with Crippen molar-refractivity contribution in [3.8, 4) is 0 Å². The lowest BCUT2D eigenvalue weighted by Gasteiger charge is -2.37. The van der Waals surface area contributed by atoms with Crippen molar-refractivity contribution >= 4 is 39.3 Å². The maximum absolute atomic E-state index is 12.4. The first-order valence-electron chi connectivity index (χ1n) is 8.56. The van der Waals surface area contributed by atoms with Crippen molar-refractivity contribution in [2.45, 2.75) is 57.7 Å². The van der Waals surface area contributed by atoms with Crippen molar-refractivity contribution in [1.29, 1.82) is 0 Å². The summed E-state index contributed by atoms with van der Waals surface area (Å²) in [6, 6.07) is 0. The molecule has 1 unspecified atom stereocenters. The Hall–Kier alpha value is -1.19. The second kappa shape index (κ2) is 8.67. The molecule has 26 heavy (non-hydrogen) atoms. The Morgan fingerprint density at radius 1 is 1.35 bits per heavy atom. The molecule has 7 nitrogen and oxygen atoms in total. The first-order chi connectivity index (χ1) is 12.1. The quantitative estimate of drug-likeness (QED) is 0.747. The fourth-order valence-corrected chi connectivity index (χ4v) is 4.32. The minimum Gasteiger partial charge on any atom is -0.480 e. The van der Waals surface area contributed by atoms with Crippen molar-refractivity contribution in [2.24, 2.45) is 0 Å². The summed E-state index contributed by atoms with van der Waals surface area (Å²) in [4.78, 5) is 29.7. The van der Waals surface area contributed by atoms with E-state index in [2.05, 4.69) is 20.9 Å². The van der Waals surface area contributed by atoms with E-state index in [0.717, 1.165) is 17.8 Å². The number of amides is 1. The molecule has 1 N–H and O–H groups in total. The van der Waals surface area contributed by atoms with Gasteiger partial charge in [0.2, 0.25) is 0 Å². The predicted octanol–water partition coefficient (Wildman–Crippen LogP) is 4.01. The summed E-state index contributed by atoms with van der Waals surface area (Å²) >= 11 is 4.78. The third-order valence-corrected chi connectivity index (χ3v) is 5.77. The van der Waals surface area contributed by atoms with E-state index >= 15 is 0 Å². The van der Waals surface area contributed by atoms with Crippen molar-refractivity contribution < 1.29 is 24.2 Å². The number of aromatic nitrogens is 1. The number of aliphatic carboxylic acids is 1. The summed E-state index contributed by atoms with van der Waals surface area (Å²) in [5.41, 5.74) is -1.37. The van der Waals surface area contributed by atoms with Gasteiger partial charge in [0.25, 0.3) is 0 Å². The van der Waals surface area contributed by atoms with Crippen molar-refractivity contribution in [2.75, 3.05) is 19.7 Å². The zero-order chi connectivity index (χ0) is 19.4. The highest BCUT2D eigenvalue weighted by Crippen LogP contribution is 2.39. The van der Waals surface area contributed by atoms with E-state index in [0.29, 0.717) is 30.5 Å². The Kier molecular flexibility index (Phi) is 7.04. The summed E-state index contributed by atoms with van der Waals surface area (Å²) in [5.74, 6) is -1.02. The molecule has 1 fully saturated rings. The van der Waals surface area contributed by atoms with Crippen LogP contribution in [-0.2, 0) is 19.9 Å². The number of likely N-dealkylation sites (tertiary alicyclic amines) is 1. The average molecular weight is 449 g/mol. The summed E-state index contributed by atoms with van der Waals surface area (Å²) in [6.45, 7) is 6.15. The van der Waals surface area contributed by atoms with Gasteiger partial charge in [0, 0.05) is 24.9 Å². The van der Waals surface area contributed by atoms with Crippen LogP contribution in [0.15, 0.2) is 9.98 Å². The maximum Gasteiger partial charge on any atom is 0.410 e. The van der Waals surface area contributed by atoms with Gasteiger partial charge in [-0.05, 0) is 56.0 Å². The Labute approximate surface area is 165 Å². The van der Waals surface area contributed by atoms with Gasteiger partial charge in [0.1, 0.15) is 27.4 Å². The Bertz CT molecular complexity index is 645. The first kappa shape index (κ1) is 21.1. The molecule has 1 atom stereocenters. The molecule has 0 spiro atoms. The second-order valence-corrected chi connectivity index (χ2v) is 9.00. The van der Waals surface area contributed by atoms with E-state index in [1.165, 1.54) is 11.3 Å². The summed E-state index contributed by atoms with van der Waals surface area (Å²) in [7, 11) is 0. The maximum atomic E-state index is 12.4. The number of carboxylic acids is 1. The van der Waals surface area contributed by atoms with Crippen LogP contribution in [-0.4, -0.2) is 52.4 Å². The molecular formula is C17H25BrN2O5S. The van der Waals surface area contributed by atoms with Crippen LogP contribution in [0.25, 0.3) is 0 Å². The fraction of sp³-hybridized carbons (Fsp3) is 0.706. The average Bonchev–Trinajstić information content (AvgIpc) is 2.92. The largest absolute Gasteiger partial charge is 0.480 e. The standard InChI is InChI=1S/C17H25BrN2O5S/c1-16(2,3)25-15(23)20-8-5-4-6-17(7-9-20,24-10-13(21)22)14-19-12(18)11-26-14/h11H,4-10H2,1-3H3,(H,21,22). The molecule has 0 radical (unpaired) electrons. The molecule has 146 valence electrons. The van der Waals surface area contributed by atoms with Crippen LogP contribution < -0.4 is 0 Å². The number of ether oxygens (including phenoxy) is 2. The minimum atomic E-state index is -1.02. The minimum absolute atomic E-state index is 0.355. The van der Waals surface area contributed by atoms with Gasteiger partial charge in [0.15, 0.2) is 0 Å². The highest BCUT2D eigenvalue weighted by Gasteiger charge is 2.39. The zero-order valence-electron chi connectivity index (χ0n) is 15.3. The molecule has 2 rings (SSSR count). The van der Waals surface area contributed by atoms with E-state index in [9.17, 15) is 9.59 Å². The molecule has 1 aliphatic rings. The van der Waals surface area contributed by atoms with E-state index in [1.54, 1.807) is 4.90 Å². The van der Waals surface area contributed by atoms with E-state index < -0.39 is 23.8 Å². The molecule has 9 heteroatoms. The Morgan fingerprint density at radius 3 is 2.65 bits per heavy atom. The third kappa shape index (κ3) is 5.92. The summed E-state index contributed by atoms with van der Waals surface area (Å²) in [6.07, 6.45) is 2.38. The normalized spacial score (nSPS) is 21.8. The molecule has 1 aliphatic heterocycles. The lowest BCUT2D eigenvalue weighted by molar-refractivity contribution is -0.153. The van der Waals surface area contributed by atoms with Gasteiger partial charge < -0.3 is 19.5 Å². The summed E-state index contributed by atoms with van der Waals surface area (Å²) in [5, 5.41) is 11.7. The zero-order valence-corrected chi connectivity index (χ0v) is 17.7. The van der Waals surface area contributed by atoms with Crippen LogP contribution in [0.2, 0.25) is 0 Å². The monoisotopic (exact) mass is 448 g/mol. The number of hydrogen-bond donors (Lipinski definition) is 1. The lowest BCUT2D eigenvalue weighted by Crippen LogP contribution is -2.43. The molecule has 0 saturated carbocycles. The van der Waals surface area contributed by atoms with Crippen LogP contribution in [0, 0.1) is 0 Å². The Balaban J connectivity index is 2.20. The van der Waals surface area contributed by atoms with Crippen molar-refractivity contribution in [1.82, 2.24) is 9.88 Å². The number of hydrogen-bond acceptors (Lipinski definition) is 6. The topological polar surface area (TPSA) is 89.0 Å². The number of carboxylic acid groups (broad SMARTS) is 1. The highest BCUT2D eigenvalue weighted by atomic mass is 79.9. The van der Waals surface area contributed by atoms with Crippen LogP contribution >= 0.6 is 27.3 Å². The summed E-state index contributed by atoms with van der Waals surface area (Å²) < 4.78 is 12.0. The van der Waals surface area contributed by atoms with Gasteiger partial charge in [-0.2, -0.15) is 0 Å². The molecule has 0 aliphatic carbocycles. The number of thiazole rings is 1. The number of carbonyl (C=O) groups excluding carboxylic acids is 1.